The molecule has 1 N–H and O–H groups in total. The highest BCUT2D eigenvalue weighted by Gasteiger charge is 2.07. The van der Waals surface area contributed by atoms with E-state index in [1.165, 1.54) is 31.1 Å². The number of thioether (sulfide) groups is 1. The van der Waals surface area contributed by atoms with E-state index >= 15 is 0 Å². The van der Waals surface area contributed by atoms with Crippen LogP contribution in [-0.2, 0) is 5.75 Å². The molecule has 0 amide bonds. The molecule has 1 aromatic carbocycles. The van der Waals surface area contributed by atoms with Crippen molar-refractivity contribution < 1.29 is 14.6 Å². The van der Waals surface area contributed by atoms with Crippen molar-refractivity contribution in [3.63, 3.8) is 0 Å². The predicted octanol–water partition coefficient (Wildman–Crippen LogP) is 2.95. The molecule has 0 atom stereocenters. The Bertz CT molecular complexity index is 710. The van der Waals surface area contributed by atoms with Crippen LogP contribution in [0.25, 0.3) is 0 Å². The lowest BCUT2D eigenvalue weighted by Crippen LogP contribution is -1.99. The third-order valence-electron chi connectivity index (χ3n) is 2.74. The van der Waals surface area contributed by atoms with Gasteiger partial charge in [0.2, 0.25) is 0 Å². The Morgan fingerprint density at radius 3 is 2.90 bits per heavy atom. The lowest BCUT2D eigenvalue weighted by atomic mass is 10.1. The van der Waals surface area contributed by atoms with Gasteiger partial charge in [-0.2, -0.15) is 5.26 Å². The Morgan fingerprint density at radius 1 is 1.43 bits per heavy atom. The van der Waals surface area contributed by atoms with E-state index in [9.17, 15) is 4.79 Å². The van der Waals surface area contributed by atoms with E-state index in [0.29, 0.717) is 17.1 Å². The topological polar surface area (TPSA) is 83.2 Å². The monoisotopic (exact) mass is 300 g/mol. The number of ether oxygens (including phenoxy) is 1. The number of methoxy groups -OCH3 is 1. The minimum absolute atomic E-state index is 0.0254. The minimum atomic E-state index is -1.04. The van der Waals surface area contributed by atoms with Crippen LogP contribution in [-0.4, -0.2) is 23.2 Å². The summed E-state index contributed by atoms with van der Waals surface area (Å²) in [6.45, 7) is 0. The van der Waals surface area contributed by atoms with Crippen molar-refractivity contribution in [1.82, 2.24) is 4.98 Å². The second-order valence-electron chi connectivity index (χ2n) is 4.12. The number of aromatic carboxylic acids is 1. The van der Waals surface area contributed by atoms with Crippen molar-refractivity contribution in [1.29, 1.82) is 5.26 Å². The summed E-state index contributed by atoms with van der Waals surface area (Å²) in [6.07, 6.45) is 1.48. The fourth-order valence-corrected chi connectivity index (χ4v) is 2.57. The number of carboxylic acids is 1. The smallest absolute Gasteiger partial charge is 0.354 e. The van der Waals surface area contributed by atoms with Crippen molar-refractivity contribution in [3.05, 3.63) is 53.3 Å². The predicted molar refractivity (Wildman–Crippen MR) is 78.5 cm³/mol. The zero-order valence-electron chi connectivity index (χ0n) is 11.2. The van der Waals surface area contributed by atoms with Crippen molar-refractivity contribution in [2.75, 3.05) is 7.11 Å². The highest BCUT2D eigenvalue weighted by Crippen LogP contribution is 2.26. The first-order valence-electron chi connectivity index (χ1n) is 6.03. The molecular weight excluding hydrogens is 288 g/mol. The second-order valence-corrected chi connectivity index (χ2v) is 5.17. The third-order valence-corrected chi connectivity index (χ3v) is 3.81. The molecule has 0 spiro atoms. The van der Waals surface area contributed by atoms with Crippen LogP contribution in [0.3, 0.4) is 0 Å². The Balaban J connectivity index is 2.11. The van der Waals surface area contributed by atoms with Crippen LogP contribution < -0.4 is 4.74 Å². The molecule has 6 heteroatoms. The summed E-state index contributed by atoms with van der Waals surface area (Å²) in [5, 5.41) is 17.8. The van der Waals surface area contributed by atoms with Crippen LogP contribution in [0.2, 0.25) is 0 Å². The van der Waals surface area contributed by atoms with Crippen LogP contribution in [0.15, 0.2) is 41.4 Å². The van der Waals surface area contributed by atoms with Crippen LogP contribution >= 0.6 is 11.8 Å². The second kappa shape index (κ2) is 6.77. The van der Waals surface area contributed by atoms with Gasteiger partial charge in [-0.15, -0.1) is 11.8 Å². The summed E-state index contributed by atoms with van der Waals surface area (Å²) in [7, 11) is 1.52. The normalized spacial score (nSPS) is 9.90. The van der Waals surface area contributed by atoms with Crippen LogP contribution in [0.1, 0.15) is 21.6 Å². The molecule has 0 unspecified atom stereocenters. The zero-order chi connectivity index (χ0) is 15.2. The molecule has 0 saturated carbocycles. The van der Waals surface area contributed by atoms with Crippen LogP contribution in [0, 0.1) is 11.3 Å². The number of hydrogen-bond acceptors (Lipinski definition) is 5. The van der Waals surface area contributed by atoms with Gasteiger partial charge in [0.1, 0.15) is 17.5 Å². The Labute approximate surface area is 126 Å². The maximum absolute atomic E-state index is 10.9. The summed E-state index contributed by atoms with van der Waals surface area (Å²) in [5.74, 6) is 0.138. The molecular formula is C15H12N2O3S. The Morgan fingerprint density at radius 2 is 2.24 bits per heavy atom. The molecule has 1 aromatic heterocycles. The summed E-state index contributed by atoms with van der Waals surface area (Å²) >= 11 is 1.50. The highest BCUT2D eigenvalue weighted by molar-refractivity contribution is 7.98. The molecule has 0 saturated heterocycles. The summed E-state index contributed by atoms with van der Waals surface area (Å²) in [4.78, 5) is 15.5. The molecule has 0 aliphatic rings. The first-order valence-corrected chi connectivity index (χ1v) is 7.01. The molecule has 2 rings (SSSR count). The van der Waals surface area contributed by atoms with Gasteiger partial charge in [-0.25, -0.2) is 9.78 Å². The van der Waals surface area contributed by atoms with Crippen molar-refractivity contribution in [3.8, 4) is 11.8 Å². The van der Waals surface area contributed by atoms with Gasteiger partial charge < -0.3 is 9.84 Å². The average molecular weight is 300 g/mol. The Kier molecular flexibility index (Phi) is 4.80. The number of rotatable bonds is 5. The number of aromatic nitrogens is 1. The van der Waals surface area contributed by atoms with Crippen molar-refractivity contribution >= 4 is 17.7 Å². The lowest BCUT2D eigenvalue weighted by molar-refractivity contribution is 0.0690. The van der Waals surface area contributed by atoms with Crippen molar-refractivity contribution in [2.45, 2.75) is 10.6 Å². The van der Waals surface area contributed by atoms with Crippen LogP contribution in [0.5, 0.6) is 5.75 Å². The molecule has 21 heavy (non-hydrogen) atoms. The standard InChI is InChI=1S/C15H12N2O3S/c1-20-14-6-10(2-3-11(14)8-16)9-21-12-4-5-17-13(7-12)15(18)19/h2-7H,9H2,1H3,(H,18,19). The summed E-state index contributed by atoms with van der Waals surface area (Å²) in [5.41, 5.74) is 1.50. The molecule has 0 bridgehead atoms. The van der Waals surface area contributed by atoms with E-state index in [0.717, 1.165) is 10.5 Å². The van der Waals surface area contributed by atoms with Gasteiger partial charge in [0, 0.05) is 16.8 Å². The van der Waals surface area contributed by atoms with E-state index in [4.69, 9.17) is 15.1 Å². The van der Waals surface area contributed by atoms with Crippen LogP contribution in [0.4, 0.5) is 0 Å². The molecule has 0 radical (unpaired) electrons. The SMILES string of the molecule is COc1cc(CSc2ccnc(C(=O)O)c2)ccc1C#N. The molecule has 0 aliphatic carbocycles. The number of nitrogens with zero attached hydrogens (tertiary/aromatic N) is 2. The number of carbonyl (C=O) groups is 1. The number of pyridine rings is 1. The lowest BCUT2D eigenvalue weighted by Gasteiger charge is -2.06. The number of benzene rings is 1. The molecule has 5 nitrogen and oxygen atoms in total. The van der Waals surface area contributed by atoms with Gasteiger partial charge in [0.15, 0.2) is 0 Å². The molecule has 0 fully saturated rings. The maximum atomic E-state index is 10.9. The Hall–Kier alpha value is -2.52. The summed E-state index contributed by atoms with van der Waals surface area (Å²) in [6, 6.07) is 10.7. The van der Waals surface area contributed by atoms with E-state index in [1.54, 1.807) is 12.1 Å². The third kappa shape index (κ3) is 3.74. The van der Waals surface area contributed by atoms with E-state index in [-0.39, 0.29) is 5.69 Å². The largest absolute Gasteiger partial charge is 0.495 e. The average Bonchev–Trinajstić information content (AvgIpc) is 2.52. The van der Waals surface area contributed by atoms with Gasteiger partial charge in [-0.3, -0.25) is 0 Å². The van der Waals surface area contributed by atoms with Crippen molar-refractivity contribution in [2.24, 2.45) is 0 Å². The fourth-order valence-electron chi connectivity index (χ4n) is 1.70. The molecule has 1 heterocycles. The van der Waals surface area contributed by atoms with E-state index < -0.39 is 5.97 Å². The van der Waals surface area contributed by atoms with Gasteiger partial charge in [-0.1, -0.05) is 6.07 Å². The number of carboxylic acid groups (broad SMARTS) is 1. The van der Waals surface area contributed by atoms with E-state index in [1.807, 2.05) is 12.1 Å². The van der Waals surface area contributed by atoms with Gasteiger partial charge in [-0.05, 0) is 29.8 Å². The summed E-state index contributed by atoms with van der Waals surface area (Å²) < 4.78 is 5.16. The first-order chi connectivity index (χ1) is 10.1. The quantitative estimate of drug-likeness (QED) is 0.855. The molecule has 106 valence electrons. The van der Waals surface area contributed by atoms with Gasteiger partial charge >= 0.3 is 5.97 Å². The highest BCUT2D eigenvalue weighted by atomic mass is 32.2. The molecule has 0 aliphatic heterocycles. The molecule has 2 aromatic rings. The number of nitriles is 1. The van der Waals surface area contributed by atoms with Gasteiger partial charge in [0.25, 0.3) is 0 Å². The number of hydrogen-bond donors (Lipinski definition) is 1. The van der Waals surface area contributed by atoms with Gasteiger partial charge in [0.05, 0.1) is 12.7 Å². The minimum Gasteiger partial charge on any atom is -0.495 e. The fraction of sp³-hybridized carbons (Fsp3) is 0.133. The van der Waals surface area contributed by atoms with E-state index in [2.05, 4.69) is 11.1 Å². The first kappa shape index (κ1) is 14.9. The maximum Gasteiger partial charge on any atom is 0.354 e. The zero-order valence-corrected chi connectivity index (χ0v) is 12.1.